The molecule has 0 saturated carbocycles. The highest BCUT2D eigenvalue weighted by atomic mass is 35.5. The Morgan fingerprint density at radius 3 is 2.77 bits per heavy atom. The van der Waals surface area contributed by atoms with E-state index in [9.17, 15) is 14.7 Å². The van der Waals surface area contributed by atoms with Gasteiger partial charge in [0.25, 0.3) is 0 Å². The maximum absolute atomic E-state index is 12.3. The average molecular weight is 340 g/mol. The van der Waals surface area contributed by atoms with E-state index in [-0.39, 0.29) is 11.6 Å². The largest absolute Gasteiger partial charge is 0.543 e. The molecule has 1 N–H and O–H groups in total. The Bertz CT molecular complexity index is 717. The standard InChI is InChI=1S/C14H13ClN2O4S/c1-7(13-17-10(6-22-13)14(19)20)12(18)16-9-5-8(15)3-4-11(9)21-2/h3-7H,1-2H3,(H,16,18)(H,19,20)/p-1/t7-/m0/s1. The fraction of sp³-hybridized carbons (Fsp3) is 0.214. The van der Waals surface area contributed by atoms with Crippen LogP contribution in [0.4, 0.5) is 5.69 Å². The molecular weight excluding hydrogens is 328 g/mol. The van der Waals surface area contributed by atoms with Crippen molar-refractivity contribution in [3.05, 3.63) is 39.3 Å². The minimum Gasteiger partial charge on any atom is -0.543 e. The minimum atomic E-state index is -1.37. The van der Waals surface area contributed by atoms with Crippen molar-refractivity contribution in [2.75, 3.05) is 12.4 Å². The molecule has 0 aliphatic carbocycles. The maximum atomic E-state index is 12.3. The van der Waals surface area contributed by atoms with Crippen molar-refractivity contribution in [3.8, 4) is 5.75 Å². The summed E-state index contributed by atoms with van der Waals surface area (Å²) >= 11 is 6.99. The molecule has 0 unspecified atom stereocenters. The minimum absolute atomic E-state index is 0.181. The summed E-state index contributed by atoms with van der Waals surface area (Å²) in [6.45, 7) is 1.63. The number of nitrogens with one attached hydrogen (secondary N) is 1. The summed E-state index contributed by atoms with van der Waals surface area (Å²) in [5.41, 5.74) is 0.253. The first-order valence-electron chi connectivity index (χ1n) is 6.23. The molecule has 0 spiro atoms. The number of carboxylic acid groups (broad SMARTS) is 1. The van der Waals surface area contributed by atoms with Crippen molar-refractivity contribution < 1.29 is 19.4 Å². The zero-order valence-electron chi connectivity index (χ0n) is 11.8. The Hall–Kier alpha value is -2.12. The zero-order chi connectivity index (χ0) is 16.3. The molecule has 22 heavy (non-hydrogen) atoms. The van der Waals surface area contributed by atoms with E-state index < -0.39 is 11.9 Å². The number of anilines is 1. The molecule has 2 rings (SSSR count). The third-order valence-corrected chi connectivity index (χ3v) is 4.18. The molecule has 0 fully saturated rings. The quantitative estimate of drug-likeness (QED) is 0.898. The smallest absolute Gasteiger partial charge is 0.234 e. The van der Waals surface area contributed by atoms with Crippen molar-refractivity contribution in [2.45, 2.75) is 12.8 Å². The Morgan fingerprint density at radius 2 is 2.18 bits per heavy atom. The normalized spacial score (nSPS) is 11.8. The number of hydrogen-bond acceptors (Lipinski definition) is 6. The van der Waals surface area contributed by atoms with Gasteiger partial charge in [-0.3, -0.25) is 4.79 Å². The number of amides is 1. The van der Waals surface area contributed by atoms with Gasteiger partial charge in [-0.25, -0.2) is 4.98 Å². The molecule has 1 atom stereocenters. The third-order valence-electron chi connectivity index (χ3n) is 2.91. The van der Waals surface area contributed by atoms with Gasteiger partial charge in [-0.15, -0.1) is 11.3 Å². The number of carboxylic acids is 1. The van der Waals surface area contributed by atoms with Crippen LogP contribution in [0.2, 0.25) is 5.02 Å². The van der Waals surface area contributed by atoms with Gasteiger partial charge in [0.1, 0.15) is 10.8 Å². The van der Waals surface area contributed by atoms with Gasteiger partial charge in [0.2, 0.25) is 5.91 Å². The van der Waals surface area contributed by atoms with E-state index in [0.29, 0.717) is 21.5 Å². The highest BCUT2D eigenvalue weighted by Crippen LogP contribution is 2.29. The van der Waals surface area contributed by atoms with Gasteiger partial charge < -0.3 is 20.0 Å². The van der Waals surface area contributed by atoms with Crippen molar-refractivity contribution in [1.82, 2.24) is 4.98 Å². The van der Waals surface area contributed by atoms with Crippen molar-refractivity contribution in [1.29, 1.82) is 0 Å². The lowest BCUT2D eigenvalue weighted by atomic mass is 10.1. The predicted molar refractivity (Wildman–Crippen MR) is 81.5 cm³/mol. The molecule has 0 saturated heterocycles. The number of carbonyl (C=O) groups excluding carboxylic acids is 2. The highest BCUT2D eigenvalue weighted by Gasteiger charge is 2.20. The number of halogens is 1. The van der Waals surface area contributed by atoms with Gasteiger partial charge in [0.05, 0.1) is 30.4 Å². The molecule has 0 aliphatic rings. The van der Waals surface area contributed by atoms with Crippen molar-refractivity contribution >= 4 is 40.5 Å². The Kier molecular flexibility index (Phi) is 4.99. The van der Waals surface area contributed by atoms with Crippen LogP contribution >= 0.6 is 22.9 Å². The summed E-state index contributed by atoms with van der Waals surface area (Å²) in [6, 6.07) is 4.85. The number of carbonyl (C=O) groups is 2. The lowest BCUT2D eigenvalue weighted by molar-refractivity contribution is -0.255. The fourth-order valence-corrected chi connectivity index (χ4v) is 2.73. The highest BCUT2D eigenvalue weighted by molar-refractivity contribution is 7.10. The zero-order valence-corrected chi connectivity index (χ0v) is 13.3. The van der Waals surface area contributed by atoms with E-state index in [0.717, 1.165) is 11.3 Å². The first kappa shape index (κ1) is 16.3. The van der Waals surface area contributed by atoms with Crippen molar-refractivity contribution in [3.63, 3.8) is 0 Å². The number of aromatic carboxylic acids is 1. The molecule has 0 bridgehead atoms. The van der Waals surface area contributed by atoms with Crippen LogP contribution in [0.25, 0.3) is 0 Å². The monoisotopic (exact) mass is 339 g/mol. The molecule has 2 aromatic rings. The summed E-state index contributed by atoms with van der Waals surface area (Å²) in [4.78, 5) is 26.9. The van der Waals surface area contributed by atoms with Gasteiger partial charge in [-0.05, 0) is 25.1 Å². The van der Waals surface area contributed by atoms with Gasteiger partial charge >= 0.3 is 0 Å². The van der Waals surface area contributed by atoms with Crippen LogP contribution in [0.1, 0.15) is 28.3 Å². The molecule has 1 heterocycles. The van der Waals surface area contributed by atoms with Crippen LogP contribution in [-0.4, -0.2) is 24.0 Å². The van der Waals surface area contributed by atoms with Gasteiger partial charge in [-0.2, -0.15) is 0 Å². The molecule has 1 aromatic heterocycles. The van der Waals surface area contributed by atoms with Crippen LogP contribution in [0.3, 0.4) is 0 Å². The van der Waals surface area contributed by atoms with E-state index in [1.165, 1.54) is 12.5 Å². The second-order valence-corrected chi connectivity index (χ2v) is 5.74. The predicted octanol–water partition coefficient (Wildman–Crippen LogP) is 1.91. The Labute approximate surface area is 135 Å². The molecule has 6 nitrogen and oxygen atoms in total. The van der Waals surface area contributed by atoms with E-state index >= 15 is 0 Å². The Balaban J connectivity index is 2.17. The summed E-state index contributed by atoms with van der Waals surface area (Å²) in [5.74, 6) is -1.87. The van der Waals surface area contributed by atoms with Crippen LogP contribution < -0.4 is 15.2 Å². The van der Waals surface area contributed by atoms with Gasteiger partial charge in [0, 0.05) is 10.4 Å². The van der Waals surface area contributed by atoms with Crippen LogP contribution in [0.5, 0.6) is 5.75 Å². The number of nitrogens with zero attached hydrogens (tertiary/aromatic N) is 1. The van der Waals surface area contributed by atoms with E-state index in [1.54, 1.807) is 25.1 Å². The first-order valence-corrected chi connectivity index (χ1v) is 7.49. The SMILES string of the molecule is COc1ccc(Cl)cc1NC(=O)[C@H](C)c1nc(C(=O)[O-])cs1. The molecule has 8 heteroatoms. The Morgan fingerprint density at radius 1 is 1.45 bits per heavy atom. The second-order valence-electron chi connectivity index (χ2n) is 4.41. The molecule has 1 aromatic carbocycles. The van der Waals surface area contributed by atoms with E-state index in [2.05, 4.69) is 10.3 Å². The van der Waals surface area contributed by atoms with Crippen LogP contribution in [0, 0.1) is 0 Å². The molecule has 0 radical (unpaired) electrons. The number of rotatable bonds is 5. The lowest BCUT2D eigenvalue weighted by Gasteiger charge is -2.13. The molecular formula is C14H12ClN2O4S-. The summed E-state index contributed by atoms with van der Waals surface area (Å²) in [5, 5.41) is 15.6. The maximum Gasteiger partial charge on any atom is 0.234 e. The summed E-state index contributed by atoms with van der Waals surface area (Å²) in [7, 11) is 1.48. The number of ether oxygens (including phenoxy) is 1. The van der Waals surface area contributed by atoms with Crippen LogP contribution in [-0.2, 0) is 4.79 Å². The van der Waals surface area contributed by atoms with Gasteiger partial charge in [0.15, 0.2) is 0 Å². The first-order chi connectivity index (χ1) is 10.4. The number of aromatic nitrogens is 1. The summed E-state index contributed by atoms with van der Waals surface area (Å²) in [6.07, 6.45) is 0. The number of thiazole rings is 1. The third kappa shape index (κ3) is 3.55. The number of hydrogen-bond donors (Lipinski definition) is 1. The van der Waals surface area contributed by atoms with E-state index in [4.69, 9.17) is 16.3 Å². The molecule has 116 valence electrons. The molecule has 0 aliphatic heterocycles. The summed E-state index contributed by atoms with van der Waals surface area (Å²) < 4.78 is 5.15. The average Bonchev–Trinajstić information content (AvgIpc) is 2.96. The topological polar surface area (TPSA) is 91.3 Å². The fourth-order valence-electron chi connectivity index (χ4n) is 1.71. The number of methoxy groups -OCH3 is 1. The van der Waals surface area contributed by atoms with Gasteiger partial charge in [-0.1, -0.05) is 11.6 Å². The number of benzene rings is 1. The second kappa shape index (κ2) is 6.76. The van der Waals surface area contributed by atoms with Crippen LogP contribution in [0.15, 0.2) is 23.6 Å². The van der Waals surface area contributed by atoms with Crippen molar-refractivity contribution in [2.24, 2.45) is 0 Å². The molecule has 1 amide bonds. The van der Waals surface area contributed by atoms with E-state index in [1.807, 2.05) is 0 Å². The lowest BCUT2D eigenvalue weighted by Crippen LogP contribution is -2.23.